The predicted molar refractivity (Wildman–Crippen MR) is 90.8 cm³/mol. The van der Waals surface area contributed by atoms with Crippen LogP contribution < -0.4 is 5.32 Å². The van der Waals surface area contributed by atoms with Crippen molar-refractivity contribution in [1.82, 2.24) is 15.3 Å². The first-order valence-electron chi connectivity index (χ1n) is 7.81. The summed E-state index contributed by atoms with van der Waals surface area (Å²) in [6, 6.07) is 15.9. The molecule has 0 atom stereocenters. The number of carbonyl (C=O) groups excluding carboxylic acids is 1. The molecule has 0 unspecified atom stereocenters. The molecule has 0 aliphatic rings. The lowest BCUT2D eigenvalue weighted by atomic mass is 10.1. The van der Waals surface area contributed by atoms with Gasteiger partial charge in [0.2, 0.25) is 5.91 Å². The van der Waals surface area contributed by atoms with Gasteiger partial charge in [-0.25, -0.2) is 9.37 Å². The Morgan fingerprint density at radius 3 is 2.75 bits per heavy atom. The smallest absolute Gasteiger partial charge is 0.224 e. The van der Waals surface area contributed by atoms with E-state index in [-0.39, 0.29) is 18.1 Å². The Morgan fingerprint density at radius 2 is 1.96 bits per heavy atom. The van der Waals surface area contributed by atoms with Crippen LogP contribution in [-0.2, 0) is 17.6 Å². The molecule has 0 saturated carbocycles. The van der Waals surface area contributed by atoms with Crippen molar-refractivity contribution in [2.45, 2.75) is 12.8 Å². The van der Waals surface area contributed by atoms with Crippen LogP contribution in [0, 0.1) is 5.82 Å². The number of nitrogens with one attached hydrogen (secondary N) is 2. The second kappa shape index (κ2) is 7.55. The summed E-state index contributed by atoms with van der Waals surface area (Å²) < 4.78 is 13.1. The van der Waals surface area contributed by atoms with E-state index in [1.807, 2.05) is 30.3 Å². The van der Waals surface area contributed by atoms with Gasteiger partial charge in [-0.05, 0) is 17.7 Å². The molecule has 2 aromatic carbocycles. The molecule has 1 heterocycles. The van der Waals surface area contributed by atoms with E-state index in [4.69, 9.17) is 0 Å². The van der Waals surface area contributed by atoms with Gasteiger partial charge in [0.1, 0.15) is 11.6 Å². The minimum Gasteiger partial charge on any atom is -0.355 e. The predicted octanol–water partition coefficient (Wildman–Crippen LogP) is 3.12. The fourth-order valence-electron chi connectivity index (χ4n) is 2.46. The van der Waals surface area contributed by atoms with Crippen LogP contribution in [0.5, 0.6) is 0 Å². The van der Waals surface area contributed by atoms with Gasteiger partial charge in [-0.2, -0.15) is 0 Å². The highest BCUT2D eigenvalue weighted by Gasteiger charge is 2.06. The molecule has 2 N–H and O–H groups in total. The van der Waals surface area contributed by atoms with Crippen molar-refractivity contribution in [3.05, 3.63) is 77.9 Å². The average molecular weight is 323 g/mol. The lowest BCUT2D eigenvalue weighted by Crippen LogP contribution is -2.27. The maximum atomic E-state index is 13.1. The number of nitrogens with zero attached hydrogens (tertiary/aromatic N) is 1. The van der Waals surface area contributed by atoms with E-state index in [9.17, 15) is 9.18 Å². The van der Waals surface area contributed by atoms with Crippen LogP contribution in [0.3, 0.4) is 0 Å². The van der Waals surface area contributed by atoms with Gasteiger partial charge in [0, 0.05) is 30.4 Å². The van der Waals surface area contributed by atoms with E-state index in [0.717, 1.165) is 17.1 Å². The van der Waals surface area contributed by atoms with Crippen molar-refractivity contribution in [2.75, 3.05) is 6.54 Å². The van der Waals surface area contributed by atoms with Crippen molar-refractivity contribution in [1.29, 1.82) is 0 Å². The zero-order valence-electron chi connectivity index (χ0n) is 13.1. The number of aromatic nitrogens is 2. The molecule has 1 aromatic heterocycles. The van der Waals surface area contributed by atoms with Crippen molar-refractivity contribution >= 4 is 5.91 Å². The van der Waals surface area contributed by atoms with E-state index < -0.39 is 0 Å². The number of benzene rings is 2. The first-order valence-corrected chi connectivity index (χ1v) is 7.81. The lowest BCUT2D eigenvalue weighted by Gasteiger charge is -2.04. The summed E-state index contributed by atoms with van der Waals surface area (Å²) in [6.45, 7) is 0.505. The first-order chi connectivity index (χ1) is 11.7. The highest BCUT2D eigenvalue weighted by molar-refractivity contribution is 5.78. The molecule has 0 aliphatic carbocycles. The minimum absolute atomic E-state index is 0.122. The van der Waals surface area contributed by atoms with Gasteiger partial charge in [-0.15, -0.1) is 0 Å². The summed E-state index contributed by atoms with van der Waals surface area (Å²) in [5, 5.41) is 2.84. The van der Waals surface area contributed by atoms with Crippen LogP contribution in [0.4, 0.5) is 4.39 Å². The molecule has 0 radical (unpaired) electrons. The Morgan fingerprint density at radius 1 is 1.12 bits per heavy atom. The molecular formula is C19H18FN3O. The SMILES string of the molecule is O=C(Cc1cccc(F)c1)NCCc1cnc(-c2ccccc2)[nH]1. The number of halogens is 1. The molecule has 24 heavy (non-hydrogen) atoms. The number of hydrogen-bond acceptors (Lipinski definition) is 2. The molecule has 5 heteroatoms. The fourth-order valence-corrected chi connectivity index (χ4v) is 2.46. The Labute approximate surface area is 139 Å². The molecule has 0 bridgehead atoms. The third kappa shape index (κ3) is 4.29. The normalized spacial score (nSPS) is 10.5. The maximum Gasteiger partial charge on any atom is 0.224 e. The van der Waals surface area contributed by atoms with Gasteiger partial charge in [-0.1, -0.05) is 42.5 Å². The summed E-state index contributed by atoms with van der Waals surface area (Å²) in [5.74, 6) is 0.367. The Bertz CT molecular complexity index is 814. The molecule has 3 rings (SSSR count). The van der Waals surface area contributed by atoms with Crippen molar-refractivity contribution in [2.24, 2.45) is 0 Å². The molecule has 0 fully saturated rings. The molecule has 122 valence electrons. The quantitative estimate of drug-likeness (QED) is 0.732. The largest absolute Gasteiger partial charge is 0.355 e. The third-order valence-electron chi connectivity index (χ3n) is 3.65. The van der Waals surface area contributed by atoms with Gasteiger partial charge in [0.25, 0.3) is 0 Å². The average Bonchev–Trinajstić information content (AvgIpc) is 3.04. The van der Waals surface area contributed by atoms with Crippen molar-refractivity contribution in [3.63, 3.8) is 0 Å². The summed E-state index contributed by atoms with van der Waals surface area (Å²) in [4.78, 5) is 19.5. The summed E-state index contributed by atoms with van der Waals surface area (Å²) in [5.41, 5.74) is 2.65. The van der Waals surface area contributed by atoms with Crippen LogP contribution in [0.2, 0.25) is 0 Å². The Balaban J connectivity index is 1.48. The van der Waals surface area contributed by atoms with Crippen molar-refractivity contribution < 1.29 is 9.18 Å². The van der Waals surface area contributed by atoms with Gasteiger partial charge in [0.15, 0.2) is 0 Å². The van der Waals surface area contributed by atoms with Crippen LogP contribution in [0.1, 0.15) is 11.3 Å². The van der Waals surface area contributed by atoms with Gasteiger partial charge in [-0.3, -0.25) is 4.79 Å². The summed E-state index contributed by atoms with van der Waals surface area (Å²) in [7, 11) is 0. The molecule has 0 saturated heterocycles. The van der Waals surface area contributed by atoms with Crippen LogP contribution in [-0.4, -0.2) is 22.4 Å². The zero-order valence-corrected chi connectivity index (χ0v) is 13.1. The lowest BCUT2D eigenvalue weighted by molar-refractivity contribution is -0.120. The first kappa shape index (κ1) is 15.9. The van der Waals surface area contributed by atoms with Crippen LogP contribution in [0.15, 0.2) is 60.8 Å². The second-order valence-electron chi connectivity index (χ2n) is 5.53. The summed E-state index contributed by atoms with van der Waals surface area (Å²) >= 11 is 0. The third-order valence-corrected chi connectivity index (χ3v) is 3.65. The second-order valence-corrected chi connectivity index (χ2v) is 5.53. The van der Waals surface area contributed by atoms with Gasteiger partial charge < -0.3 is 10.3 Å². The maximum absolute atomic E-state index is 13.1. The zero-order chi connectivity index (χ0) is 16.8. The molecule has 3 aromatic rings. The topological polar surface area (TPSA) is 57.8 Å². The summed E-state index contributed by atoms with van der Waals surface area (Å²) in [6.07, 6.45) is 2.62. The van der Waals surface area contributed by atoms with E-state index in [2.05, 4.69) is 15.3 Å². The number of rotatable bonds is 6. The highest BCUT2D eigenvalue weighted by atomic mass is 19.1. The molecule has 1 amide bonds. The van der Waals surface area contributed by atoms with Crippen LogP contribution in [0.25, 0.3) is 11.4 Å². The molecule has 4 nitrogen and oxygen atoms in total. The van der Waals surface area contributed by atoms with Gasteiger partial charge in [0.05, 0.1) is 6.42 Å². The Kier molecular flexibility index (Phi) is 5.01. The number of amides is 1. The molecular weight excluding hydrogens is 305 g/mol. The van der Waals surface area contributed by atoms with Crippen molar-refractivity contribution in [3.8, 4) is 11.4 Å². The standard InChI is InChI=1S/C19H18FN3O/c20-16-8-4-5-14(11-16)12-18(24)21-10-9-17-13-22-19(23-17)15-6-2-1-3-7-15/h1-8,11,13H,9-10,12H2,(H,21,24)(H,22,23). The number of H-pyrrole nitrogens is 1. The fraction of sp³-hybridized carbons (Fsp3) is 0.158. The van der Waals surface area contributed by atoms with E-state index in [1.54, 1.807) is 18.3 Å². The number of aromatic amines is 1. The monoisotopic (exact) mass is 323 g/mol. The van der Waals surface area contributed by atoms with Crippen LogP contribution >= 0.6 is 0 Å². The molecule has 0 aliphatic heterocycles. The van der Waals surface area contributed by atoms with E-state index in [1.165, 1.54) is 12.1 Å². The molecule has 0 spiro atoms. The number of carbonyl (C=O) groups is 1. The van der Waals surface area contributed by atoms with E-state index >= 15 is 0 Å². The van der Waals surface area contributed by atoms with Gasteiger partial charge >= 0.3 is 0 Å². The van der Waals surface area contributed by atoms with E-state index in [0.29, 0.717) is 18.5 Å². The number of imidazole rings is 1. The highest BCUT2D eigenvalue weighted by Crippen LogP contribution is 2.14. The minimum atomic E-state index is -0.328. The number of hydrogen-bond donors (Lipinski definition) is 2. The Hall–Kier alpha value is -2.95.